The molecule has 0 spiro atoms. The largest absolute Gasteiger partial charge is 0.309 e. The molecule has 3 heteroatoms. The molecular weight excluding hydrogens is 415 g/mol. The summed E-state index contributed by atoms with van der Waals surface area (Å²) in [7, 11) is -3.06. The maximum absolute atomic E-state index is 15.4. The first-order valence-corrected chi connectivity index (χ1v) is 12.9. The van der Waals surface area contributed by atoms with E-state index in [0.29, 0.717) is 0 Å². The van der Waals surface area contributed by atoms with E-state index in [1.165, 1.54) is 14.8 Å². The van der Waals surface area contributed by atoms with E-state index in [0.717, 1.165) is 43.2 Å². The highest BCUT2D eigenvalue weighted by Gasteiger charge is 2.43. The maximum Gasteiger partial charge on any atom is 0.173 e. The number of hydrogen-bond donors (Lipinski definition) is 0. The predicted molar refractivity (Wildman–Crippen MR) is 135 cm³/mol. The van der Waals surface area contributed by atoms with E-state index in [2.05, 4.69) is 72.8 Å². The van der Waals surface area contributed by atoms with E-state index in [4.69, 9.17) is 0 Å². The predicted octanol–water partition coefficient (Wildman–Crippen LogP) is 6.83. The Kier molecular flexibility index (Phi) is 3.48. The summed E-state index contributed by atoms with van der Waals surface area (Å²) in [6.07, 6.45) is 0. The molecule has 1 atom stereocenters. The molecule has 0 saturated heterocycles. The van der Waals surface area contributed by atoms with E-state index in [1.807, 2.05) is 30.3 Å². The monoisotopic (exact) mass is 432 g/mol. The zero-order valence-corrected chi connectivity index (χ0v) is 18.3. The summed E-state index contributed by atoms with van der Waals surface area (Å²) in [5.41, 5.74) is 2.22. The molecule has 0 radical (unpaired) electrons. The highest BCUT2D eigenvalue weighted by atomic mass is 32.1. The van der Waals surface area contributed by atoms with Crippen molar-refractivity contribution in [1.29, 1.82) is 0 Å². The Bertz CT molecular complexity index is 1710. The Balaban J connectivity index is 1.75. The van der Waals surface area contributed by atoms with Gasteiger partial charge in [-0.15, -0.1) is 11.3 Å². The van der Waals surface area contributed by atoms with Gasteiger partial charge in [0.2, 0.25) is 0 Å². The molecule has 0 amide bonds. The number of rotatable bonds is 1. The van der Waals surface area contributed by atoms with Gasteiger partial charge in [0.05, 0.1) is 0 Å². The molecule has 0 bridgehead atoms. The van der Waals surface area contributed by atoms with Gasteiger partial charge in [0, 0.05) is 36.1 Å². The summed E-state index contributed by atoms with van der Waals surface area (Å²) in [6.45, 7) is 0. The number of thiophene rings is 1. The van der Waals surface area contributed by atoms with Crippen molar-refractivity contribution in [2.24, 2.45) is 0 Å². The SMILES string of the molecule is O=P1(c2ccccc2)c2c(ccc3ccccc23)-c2ccc3sc4ccccc4c3c21. The van der Waals surface area contributed by atoms with Gasteiger partial charge >= 0.3 is 0 Å². The lowest BCUT2D eigenvalue weighted by atomic mass is 10.00. The third-order valence-electron chi connectivity index (χ3n) is 6.46. The van der Waals surface area contributed by atoms with Crippen molar-refractivity contribution in [3.8, 4) is 11.1 Å². The Hall–Kier alpha value is -3.19. The Morgan fingerprint density at radius 1 is 0.548 bits per heavy atom. The van der Waals surface area contributed by atoms with E-state index in [-0.39, 0.29) is 0 Å². The van der Waals surface area contributed by atoms with Crippen LogP contribution in [0.25, 0.3) is 42.1 Å². The topological polar surface area (TPSA) is 17.1 Å². The molecule has 0 aliphatic carbocycles. The van der Waals surface area contributed by atoms with Gasteiger partial charge in [-0.25, -0.2) is 0 Å². The molecule has 1 aliphatic rings. The Morgan fingerprint density at radius 3 is 2.10 bits per heavy atom. The van der Waals surface area contributed by atoms with Crippen molar-refractivity contribution in [3.63, 3.8) is 0 Å². The Morgan fingerprint density at radius 2 is 1.23 bits per heavy atom. The van der Waals surface area contributed by atoms with Crippen LogP contribution in [0.1, 0.15) is 0 Å². The average molecular weight is 432 g/mol. The fourth-order valence-electron chi connectivity index (χ4n) is 5.16. The molecule has 1 aliphatic heterocycles. The molecule has 146 valence electrons. The van der Waals surface area contributed by atoms with Gasteiger partial charge in [0.25, 0.3) is 0 Å². The van der Waals surface area contributed by atoms with Crippen LogP contribution in [0, 0.1) is 0 Å². The smallest absolute Gasteiger partial charge is 0.173 e. The van der Waals surface area contributed by atoms with Crippen LogP contribution in [-0.4, -0.2) is 0 Å². The molecule has 1 unspecified atom stereocenters. The van der Waals surface area contributed by atoms with Crippen LogP contribution in [0.15, 0.2) is 103 Å². The number of fused-ring (bicyclic) bond motifs is 9. The van der Waals surface area contributed by atoms with Crippen molar-refractivity contribution in [3.05, 3.63) is 103 Å². The number of benzene rings is 5. The third kappa shape index (κ3) is 2.19. The molecule has 31 heavy (non-hydrogen) atoms. The molecule has 5 aromatic carbocycles. The van der Waals surface area contributed by atoms with Gasteiger partial charge < -0.3 is 4.57 Å². The summed E-state index contributed by atoms with van der Waals surface area (Å²) < 4.78 is 17.9. The maximum atomic E-state index is 15.4. The second-order valence-electron chi connectivity index (χ2n) is 8.06. The van der Waals surface area contributed by atoms with Crippen LogP contribution in [0.4, 0.5) is 0 Å². The van der Waals surface area contributed by atoms with Crippen LogP contribution < -0.4 is 15.9 Å². The molecule has 6 aromatic rings. The standard InChI is InChI=1S/C28H17OPS/c29-30(19-9-2-1-3-10-19)27-20-11-5-4-8-18(20)14-15-21(27)22-16-17-25-26(28(22)30)23-12-6-7-13-24(23)31-25/h1-17H. The minimum absolute atomic E-state index is 0.911. The van der Waals surface area contributed by atoms with E-state index in [9.17, 15) is 0 Å². The van der Waals surface area contributed by atoms with Gasteiger partial charge in [-0.05, 0) is 34.0 Å². The summed E-state index contributed by atoms with van der Waals surface area (Å²) in [5.74, 6) is 0. The van der Waals surface area contributed by atoms with Gasteiger partial charge in [0.15, 0.2) is 7.14 Å². The lowest BCUT2D eigenvalue weighted by Gasteiger charge is -2.18. The van der Waals surface area contributed by atoms with Crippen molar-refractivity contribution < 1.29 is 4.57 Å². The van der Waals surface area contributed by atoms with Gasteiger partial charge in [-0.2, -0.15) is 0 Å². The number of hydrogen-bond acceptors (Lipinski definition) is 2. The molecule has 1 nitrogen and oxygen atoms in total. The average Bonchev–Trinajstić information content (AvgIpc) is 3.33. The first-order valence-electron chi connectivity index (χ1n) is 10.4. The lowest BCUT2D eigenvalue weighted by Crippen LogP contribution is -2.21. The van der Waals surface area contributed by atoms with Crippen LogP contribution in [0.2, 0.25) is 0 Å². The molecule has 0 N–H and O–H groups in total. The summed E-state index contributed by atoms with van der Waals surface area (Å²) in [6, 6.07) is 35.6. The molecule has 0 fully saturated rings. The third-order valence-corrected chi connectivity index (χ3v) is 10.8. The van der Waals surface area contributed by atoms with Crippen molar-refractivity contribution >= 4 is 65.3 Å². The summed E-state index contributed by atoms with van der Waals surface area (Å²) >= 11 is 1.78. The van der Waals surface area contributed by atoms with Crippen LogP contribution in [0.5, 0.6) is 0 Å². The van der Waals surface area contributed by atoms with Gasteiger partial charge in [0.1, 0.15) is 0 Å². The first kappa shape index (κ1) is 17.5. The van der Waals surface area contributed by atoms with Crippen LogP contribution >= 0.6 is 18.5 Å². The highest BCUT2D eigenvalue weighted by molar-refractivity contribution is 7.87. The first-order chi connectivity index (χ1) is 15.3. The molecule has 1 aromatic heterocycles. The summed E-state index contributed by atoms with van der Waals surface area (Å²) in [4.78, 5) is 0. The minimum Gasteiger partial charge on any atom is -0.309 e. The normalized spacial score (nSPS) is 17.3. The quantitative estimate of drug-likeness (QED) is 0.260. The van der Waals surface area contributed by atoms with Gasteiger partial charge in [-0.3, -0.25) is 0 Å². The second-order valence-corrected chi connectivity index (χ2v) is 11.8. The fourth-order valence-corrected chi connectivity index (χ4v) is 9.85. The zero-order chi connectivity index (χ0) is 20.6. The van der Waals surface area contributed by atoms with E-state index in [1.54, 1.807) is 11.3 Å². The fraction of sp³-hybridized carbons (Fsp3) is 0. The highest BCUT2D eigenvalue weighted by Crippen LogP contribution is 2.56. The lowest BCUT2D eigenvalue weighted by molar-refractivity contribution is 0.593. The summed E-state index contributed by atoms with van der Waals surface area (Å²) in [5, 5.41) is 7.51. The zero-order valence-electron chi connectivity index (χ0n) is 16.6. The minimum atomic E-state index is -3.06. The van der Waals surface area contributed by atoms with E-state index < -0.39 is 7.14 Å². The van der Waals surface area contributed by atoms with Crippen molar-refractivity contribution in [1.82, 2.24) is 0 Å². The Labute approximate surface area is 184 Å². The van der Waals surface area contributed by atoms with Gasteiger partial charge in [-0.1, -0.05) is 91.0 Å². The molecule has 7 rings (SSSR count). The molecule has 0 saturated carbocycles. The van der Waals surface area contributed by atoms with Crippen molar-refractivity contribution in [2.45, 2.75) is 0 Å². The molecule has 2 heterocycles. The van der Waals surface area contributed by atoms with Crippen LogP contribution in [0.3, 0.4) is 0 Å². The molecular formula is C28H17OPS. The second kappa shape index (κ2) is 6.17. The van der Waals surface area contributed by atoms with E-state index >= 15 is 4.57 Å². The van der Waals surface area contributed by atoms with Crippen molar-refractivity contribution in [2.75, 3.05) is 0 Å². The van der Waals surface area contributed by atoms with Crippen LogP contribution in [-0.2, 0) is 4.57 Å².